The first-order chi connectivity index (χ1) is 6.95. The molecule has 78 valence electrons. The van der Waals surface area contributed by atoms with Crippen molar-refractivity contribution in [1.82, 2.24) is 4.90 Å². The SMILES string of the molecule is CN1C(=O)c2c(Cl)cc(O)c(O)c2C1=O. The van der Waals surface area contributed by atoms with Gasteiger partial charge >= 0.3 is 0 Å². The molecule has 6 heteroatoms. The van der Waals surface area contributed by atoms with Crippen molar-refractivity contribution in [2.24, 2.45) is 0 Å². The molecule has 1 aliphatic rings. The number of phenols is 2. The number of phenolic OH excluding ortho intramolecular Hbond substituents is 2. The lowest BCUT2D eigenvalue weighted by Crippen LogP contribution is -2.24. The molecule has 2 N–H and O–H groups in total. The Morgan fingerprint density at radius 2 is 1.73 bits per heavy atom. The number of hydrogen-bond acceptors (Lipinski definition) is 4. The van der Waals surface area contributed by atoms with Gasteiger partial charge in [0.2, 0.25) is 0 Å². The molecule has 0 atom stereocenters. The number of benzene rings is 1. The minimum atomic E-state index is -0.676. The van der Waals surface area contributed by atoms with E-state index < -0.39 is 23.3 Å². The second-order valence-electron chi connectivity index (χ2n) is 3.15. The predicted molar refractivity (Wildman–Crippen MR) is 51.2 cm³/mol. The lowest BCUT2D eigenvalue weighted by molar-refractivity contribution is 0.0692. The van der Waals surface area contributed by atoms with Crippen molar-refractivity contribution in [3.05, 3.63) is 22.2 Å². The largest absolute Gasteiger partial charge is 0.504 e. The van der Waals surface area contributed by atoms with Crippen LogP contribution in [0.1, 0.15) is 20.7 Å². The van der Waals surface area contributed by atoms with Crippen molar-refractivity contribution in [2.75, 3.05) is 7.05 Å². The summed E-state index contributed by atoms with van der Waals surface area (Å²) in [6, 6.07) is 1.03. The van der Waals surface area contributed by atoms with Gasteiger partial charge in [0.15, 0.2) is 11.5 Å². The number of amides is 2. The van der Waals surface area contributed by atoms with Crippen molar-refractivity contribution in [2.45, 2.75) is 0 Å². The zero-order chi connectivity index (χ0) is 11.3. The molecule has 0 saturated heterocycles. The van der Waals surface area contributed by atoms with Gasteiger partial charge in [-0.3, -0.25) is 14.5 Å². The van der Waals surface area contributed by atoms with Gasteiger partial charge in [-0.25, -0.2) is 0 Å². The molecular weight excluding hydrogens is 222 g/mol. The van der Waals surface area contributed by atoms with Crippen LogP contribution in [0.2, 0.25) is 5.02 Å². The summed E-state index contributed by atoms with van der Waals surface area (Å²) in [5.41, 5.74) is -0.313. The molecule has 0 fully saturated rings. The Hall–Kier alpha value is -1.75. The van der Waals surface area contributed by atoms with Crippen LogP contribution in [0, 0.1) is 0 Å². The monoisotopic (exact) mass is 227 g/mol. The second-order valence-corrected chi connectivity index (χ2v) is 3.55. The maximum atomic E-state index is 11.5. The number of imide groups is 1. The normalized spacial score (nSPS) is 14.7. The average molecular weight is 228 g/mol. The van der Waals surface area contributed by atoms with Gasteiger partial charge in [0.1, 0.15) is 0 Å². The molecule has 0 aliphatic carbocycles. The Labute approximate surface area is 89.5 Å². The lowest BCUT2D eigenvalue weighted by Gasteiger charge is -2.03. The summed E-state index contributed by atoms with van der Waals surface area (Å²) >= 11 is 5.70. The van der Waals surface area contributed by atoms with Crippen molar-refractivity contribution in [3.8, 4) is 11.5 Å². The molecule has 1 aromatic rings. The lowest BCUT2D eigenvalue weighted by atomic mass is 10.1. The molecule has 0 saturated carbocycles. The van der Waals surface area contributed by atoms with E-state index in [-0.39, 0.29) is 16.1 Å². The molecule has 0 bridgehead atoms. The smallest absolute Gasteiger partial charge is 0.265 e. The van der Waals surface area contributed by atoms with Gasteiger partial charge in [0.25, 0.3) is 11.8 Å². The third kappa shape index (κ3) is 1.10. The highest BCUT2D eigenvalue weighted by Gasteiger charge is 2.38. The third-order valence-corrected chi connectivity index (χ3v) is 2.57. The molecule has 5 nitrogen and oxygen atoms in total. The molecule has 15 heavy (non-hydrogen) atoms. The summed E-state index contributed by atoms with van der Waals surface area (Å²) in [6.07, 6.45) is 0. The first-order valence-corrected chi connectivity index (χ1v) is 4.39. The highest BCUT2D eigenvalue weighted by atomic mass is 35.5. The van der Waals surface area contributed by atoms with E-state index in [1.165, 1.54) is 7.05 Å². The van der Waals surface area contributed by atoms with E-state index in [1.54, 1.807) is 0 Å². The molecular formula is C9H6ClNO4. The number of carbonyl (C=O) groups is 2. The van der Waals surface area contributed by atoms with Crippen LogP contribution in [-0.2, 0) is 0 Å². The molecule has 0 unspecified atom stereocenters. The Morgan fingerprint density at radius 1 is 1.20 bits per heavy atom. The Balaban J connectivity index is 2.85. The number of aromatic hydroxyl groups is 2. The van der Waals surface area contributed by atoms with Crippen molar-refractivity contribution in [1.29, 1.82) is 0 Å². The first kappa shape index (κ1) is 9.79. The van der Waals surface area contributed by atoms with E-state index in [0.29, 0.717) is 0 Å². The van der Waals surface area contributed by atoms with Gasteiger partial charge in [0.05, 0.1) is 16.1 Å². The quantitative estimate of drug-likeness (QED) is 0.512. The van der Waals surface area contributed by atoms with Crippen LogP contribution in [0.4, 0.5) is 0 Å². The Morgan fingerprint density at radius 3 is 2.33 bits per heavy atom. The maximum absolute atomic E-state index is 11.5. The van der Waals surface area contributed by atoms with Crippen LogP contribution in [0.25, 0.3) is 0 Å². The van der Waals surface area contributed by atoms with Crippen LogP contribution in [0.5, 0.6) is 11.5 Å². The summed E-state index contributed by atoms with van der Waals surface area (Å²) in [5.74, 6) is -2.40. The molecule has 0 spiro atoms. The van der Waals surface area contributed by atoms with Crippen LogP contribution < -0.4 is 0 Å². The molecule has 1 aliphatic heterocycles. The predicted octanol–water partition coefficient (Wildman–Crippen LogP) is 0.977. The van der Waals surface area contributed by atoms with Gasteiger partial charge in [-0.05, 0) is 0 Å². The van der Waals surface area contributed by atoms with Crippen LogP contribution in [0.15, 0.2) is 6.07 Å². The molecule has 1 heterocycles. The van der Waals surface area contributed by atoms with Gasteiger partial charge in [-0.2, -0.15) is 0 Å². The minimum absolute atomic E-state index is 0.0528. The number of carbonyl (C=O) groups excluding carboxylic acids is 2. The molecule has 2 amide bonds. The number of hydrogen-bond donors (Lipinski definition) is 2. The fourth-order valence-corrected chi connectivity index (χ4v) is 1.75. The van der Waals surface area contributed by atoms with E-state index in [4.69, 9.17) is 11.6 Å². The fraction of sp³-hybridized carbons (Fsp3) is 0.111. The zero-order valence-electron chi connectivity index (χ0n) is 7.61. The topological polar surface area (TPSA) is 77.8 Å². The third-order valence-electron chi connectivity index (χ3n) is 2.27. The highest BCUT2D eigenvalue weighted by Crippen LogP contribution is 2.40. The number of rotatable bonds is 0. The van der Waals surface area contributed by atoms with Crippen LogP contribution in [-0.4, -0.2) is 34.0 Å². The average Bonchev–Trinajstić information content (AvgIpc) is 2.40. The van der Waals surface area contributed by atoms with Crippen molar-refractivity contribution >= 4 is 23.4 Å². The van der Waals surface area contributed by atoms with Crippen molar-refractivity contribution in [3.63, 3.8) is 0 Å². The zero-order valence-corrected chi connectivity index (χ0v) is 8.37. The Bertz CT molecular complexity index is 497. The summed E-state index contributed by atoms with van der Waals surface area (Å²) < 4.78 is 0. The minimum Gasteiger partial charge on any atom is -0.504 e. The highest BCUT2D eigenvalue weighted by molar-refractivity contribution is 6.37. The molecule has 0 radical (unpaired) electrons. The van der Waals surface area contributed by atoms with E-state index in [0.717, 1.165) is 11.0 Å². The van der Waals surface area contributed by atoms with Crippen LogP contribution in [0.3, 0.4) is 0 Å². The number of halogens is 1. The number of nitrogens with zero attached hydrogens (tertiary/aromatic N) is 1. The summed E-state index contributed by atoms with van der Waals surface area (Å²) in [5, 5.41) is 18.6. The van der Waals surface area contributed by atoms with Gasteiger partial charge in [0, 0.05) is 13.1 Å². The van der Waals surface area contributed by atoms with E-state index in [2.05, 4.69) is 0 Å². The fourth-order valence-electron chi connectivity index (χ4n) is 1.47. The molecule has 1 aromatic carbocycles. The molecule has 0 aromatic heterocycles. The Kier molecular flexibility index (Phi) is 1.87. The van der Waals surface area contributed by atoms with Gasteiger partial charge in [-0.15, -0.1) is 0 Å². The standard InChI is InChI=1S/C9H6ClNO4/c1-11-8(14)5-3(10)2-4(12)7(13)6(5)9(11)15/h2,12-13H,1H3. The van der Waals surface area contributed by atoms with Crippen LogP contribution >= 0.6 is 11.6 Å². The molecule has 2 rings (SSSR count). The maximum Gasteiger partial charge on any atom is 0.265 e. The van der Waals surface area contributed by atoms with E-state index >= 15 is 0 Å². The van der Waals surface area contributed by atoms with E-state index in [9.17, 15) is 19.8 Å². The summed E-state index contributed by atoms with van der Waals surface area (Å²) in [7, 11) is 1.28. The van der Waals surface area contributed by atoms with E-state index in [1.807, 2.05) is 0 Å². The number of fused-ring (bicyclic) bond motifs is 1. The van der Waals surface area contributed by atoms with Crippen molar-refractivity contribution < 1.29 is 19.8 Å². The van der Waals surface area contributed by atoms with Gasteiger partial charge in [-0.1, -0.05) is 11.6 Å². The first-order valence-electron chi connectivity index (χ1n) is 4.02. The summed E-state index contributed by atoms with van der Waals surface area (Å²) in [4.78, 5) is 23.9. The summed E-state index contributed by atoms with van der Waals surface area (Å²) in [6.45, 7) is 0. The second kappa shape index (κ2) is 2.87. The van der Waals surface area contributed by atoms with Gasteiger partial charge < -0.3 is 10.2 Å².